The van der Waals surface area contributed by atoms with Crippen molar-refractivity contribution in [1.29, 1.82) is 0 Å². The van der Waals surface area contributed by atoms with Crippen LogP contribution in [0.3, 0.4) is 0 Å². The number of alkyl halides is 3. The van der Waals surface area contributed by atoms with E-state index >= 15 is 0 Å². The highest BCUT2D eigenvalue weighted by Crippen LogP contribution is 2.34. The van der Waals surface area contributed by atoms with Gasteiger partial charge in [0, 0.05) is 0 Å². The Bertz CT molecular complexity index is 765. The van der Waals surface area contributed by atoms with E-state index in [1.54, 1.807) is 0 Å². The summed E-state index contributed by atoms with van der Waals surface area (Å²) >= 11 is 0. The Hall–Kier alpha value is -2.52. The van der Waals surface area contributed by atoms with Crippen LogP contribution in [-0.4, -0.2) is 22.5 Å². The number of carboxylic acids is 1. The van der Waals surface area contributed by atoms with E-state index in [9.17, 15) is 27.5 Å². The van der Waals surface area contributed by atoms with Crippen molar-refractivity contribution in [2.75, 3.05) is 0 Å². The van der Waals surface area contributed by atoms with Crippen molar-refractivity contribution in [3.05, 3.63) is 58.9 Å². The number of rotatable bonds is 4. The fourth-order valence-corrected chi connectivity index (χ4v) is 2.10. The standard InChI is InChI=1S/C15H11F4NO4.ClH/c16-10-6-5-9(14(22)23)13(21)11(10)12(20)7-1-3-8(4-2-7)24-15(17,18)19;/h1-6,12,21H,20H2,(H,22,23);1H/t12-;/m1./s1. The van der Waals surface area contributed by atoms with Gasteiger partial charge >= 0.3 is 12.3 Å². The van der Waals surface area contributed by atoms with Crippen LogP contribution in [0.1, 0.15) is 27.5 Å². The molecule has 0 aromatic heterocycles. The number of carbonyl (C=O) groups is 1. The fourth-order valence-electron chi connectivity index (χ4n) is 2.10. The van der Waals surface area contributed by atoms with E-state index in [0.29, 0.717) is 0 Å². The number of aromatic carboxylic acids is 1. The third-order valence-corrected chi connectivity index (χ3v) is 3.18. The molecule has 2 aromatic carbocycles. The molecule has 136 valence electrons. The van der Waals surface area contributed by atoms with Crippen LogP contribution >= 0.6 is 12.4 Å². The smallest absolute Gasteiger partial charge is 0.507 e. The molecule has 1 atom stereocenters. The average molecular weight is 382 g/mol. The van der Waals surface area contributed by atoms with Gasteiger partial charge in [-0.3, -0.25) is 0 Å². The minimum Gasteiger partial charge on any atom is -0.507 e. The van der Waals surface area contributed by atoms with E-state index in [1.807, 2.05) is 0 Å². The molecular formula is C15H12ClF4NO4. The van der Waals surface area contributed by atoms with E-state index in [0.717, 1.165) is 36.4 Å². The van der Waals surface area contributed by atoms with E-state index < -0.39 is 46.8 Å². The summed E-state index contributed by atoms with van der Waals surface area (Å²) in [6.45, 7) is 0. The van der Waals surface area contributed by atoms with Crippen molar-refractivity contribution in [3.63, 3.8) is 0 Å². The van der Waals surface area contributed by atoms with Crippen LogP contribution in [0.2, 0.25) is 0 Å². The summed E-state index contributed by atoms with van der Waals surface area (Å²) in [5.74, 6) is -3.76. The molecule has 5 nitrogen and oxygen atoms in total. The van der Waals surface area contributed by atoms with Gasteiger partial charge in [-0.15, -0.1) is 25.6 Å². The Morgan fingerprint density at radius 2 is 1.68 bits per heavy atom. The van der Waals surface area contributed by atoms with Crippen LogP contribution in [0.15, 0.2) is 36.4 Å². The molecule has 0 fully saturated rings. The summed E-state index contributed by atoms with van der Waals surface area (Å²) < 4.78 is 53.9. The van der Waals surface area contributed by atoms with Crippen LogP contribution < -0.4 is 10.5 Å². The summed E-state index contributed by atoms with van der Waals surface area (Å²) in [6.07, 6.45) is -4.86. The molecule has 0 aliphatic carbocycles. The zero-order valence-electron chi connectivity index (χ0n) is 12.2. The molecule has 0 unspecified atom stereocenters. The number of benzene rings is 2. The number of ether oxygens (including phenoxy) is 1. The molecule has 0 bridgehead atoms. The molecule has 0 heterocycles. The maximum atomic E-state index is 13.9. The van der Waals surface area contributed by atoms with Gasteiger partial charge in [0.1, 0.15) is 22.9 Å². The van der Waals surface area contributed by atoms with Crippen molar-refractivity contribution in [2.24, 2.45) is 5.73 Å². The minimum absolute atomic E-state index is 0. The normalized spacial score (nSPS) is 12.2. The van der Waals surface area contributed by atoms with E-state index in [1.165, 1.54) is 0 Å². The Balaban J connectivity index is 0.00000312. The molecular weight excluding hydrogens is 370 g/mol. The Labute approximate surface area is 145 Å². The second-order valence-electron chi connectivity index (χ2n) is 4.76. The second kappa shape index (κ2) is 7.58. The van der Waals surface area contributed by atoms with Crippen molar-refractivity contribution in [3.8, 4) is 11.5 Å². The predicted octanol–water partition coefficient (Wildman–Crippen LogP) is 3.60. The summed E-state index contributed by atoms with van der Waals surface area (Å²) in [5.41, 5.74) is 4.95. The molecule has 25 heavy (non-hydrogen) atoms. The first-order valence-corrected chi connectivity index (χ1v) is 6.46. The lowest BCUT2D eigenvalue weighted by Gasteiger charge is -2.17. The van der Waals surface area contributed by atoms with Crippen LogP contribution in [0.5, 0.6) is 11.5 Å². The highest BCUT2D eigenvalue weighted by atomic mass is 35.5. The maximum Gasteiger partial charge on any atom is 0.573 e. The van der Waals surface area contributed by atoms with Crippen LogP contribution in [0.25, 0.3) is 0 Å². The zero-order chi connectivity index (χ0) is 18.1. The minimum atomic E-state index is -4.86. The lowest BCUT2D eigenvalue weighted by molar-refractivity contribution is -0.274. The van der Waals surface area contributed by atoms with Gasteiger partial charge in [0.2, 0.25) is 0 Å². The van der Waals surface area contributed by atoms with Crippen molar-refractivity contribution >= 4 is 18.4 Å². The quantitative estimate of drug-likeness (QED) is 0.704. The fraction of sp³-hybridized carbons (Fsp3) is 0.133. The van der Waals surface area contributed by atoms with Crippen LogP contribution in [-0.2, 0) is 0 Å². The number of phenols is 1. The number of hydrogen-bond donors (Lipinski definition) is 3. The average Bonchev–Trinajstić information content (AvgIpc) is 2.45. The maximum absolute atomic E-state index is 13.9. The molecule has 0 aliphatic rings. The van der Waals surface area contributed by atoms with Gasteiger partial charge in [-0.25, -0.2) is 9.18 Å². The molecule has 0 amide bonds. The van der Waals surface area contributed by atoms with Gasteiger partial charge in [0.25, 0.3) is 0 Å². The molecule has 0 saturated heterocycles. The third kappa shape index (κ3) is 4.74. The number of carboxylic acid groups (broad SMARTS) is 1. The Morgan fingerprint density at radius 1 is 1.12 bits per heavy atom. The predicted molar refractivity (Wildman–Crippen MR) is 81.4 cm³/mol. The molecule has 0 saturated carbocycles. The van der Waals surface area contributed by atoms with Crippen molar-refractivity contribution in [2.45, 2.75) is 12.4 Å². The first kappa shape index (κ1) is 20.5. The van der Waals surface area contributed by atoms with Crippen LogP contribution in [0.4, 0.5) is 17.6 Å². The summed E-state index contributed by atoms with van der Waals surface area (Å²) in [5, 5.41) is 18.8. The van der Waals surface area contributed by atoms with E-state index in [4.69, 9.17) is 10.8 Å². The van der Waals surface area contributed by atoms with E-state index in [-0.39, 0.29) is 18.0 Å². The molecule has 0 spiro atoms. The van der Waals surface area contributed by atoms with Crippen LogP contribution in [0, 0.1) is 5.82 Å². The van der Waals surface area contributed by atoms with Gasteiger partial charge in [0.05, 0.1) is 11.6 Å². The summed E-state index contributed by atoms with van der Waals surface area (Å²) in [6, 6.07) is 4.67. The highest BCUT2D eigenvalue weighted by Gasteiger charge is 2.31. The third-order valence-electron chi connectivity index (χ3n) is 3.18. The second-order valence-corrected chi connectivity index (χ2v) is 4.76. The molecule has 10 heteroatoms. The SMILES string of the molecule is Cl.N[C@H](c1ccc(OC(F)(F)F)cc1)c1c(F)ccc(C(=O)O)c1O. The van der Waals surface area contributed by atoms with Gasteiger partial charge in [-0.2, -0.15) is 0 Å². The Kier molecular flexibility index (Phi) is 6.22. The molecule has 0 radical (unpaired) electrons. The van der Waals surface area contributed by atoms with E-state index in [2.05, 4.69) is 4.74 Å². The molecule has 2 rings (SSSR count). The zero-order valence-corrected chi connectivity index (χ0v) is 13.1. The number of halogens is 5. The Morgan fingerprint density at radius 3 is 2.16 bits per heavy atom. The molecule has 2 aromatic rings. The summed E-state index contributed by atoms with van der Waals surface area (Å²) in [7, 11) is 0. The topological polar surface area (TPSA) is 92.8 Å². The van der Waals surface area contributed by atoms with Gasteiger partial charge in [0.15, 0.2) is 0 Å². The monoisotopic (exact) mass is 381 g/mol. The number of hydrogen-bond acceptors (Lipinski definition) is 4. The number of nitrogens with two attached hydrogens (primary N) is 1. The van der Waals surface area contributed by atoms with Crippen molar-refractivity contribution < 1.29 is 37.3 Å². The lowest BCUT2D eigenvalue weighted by Crippen LogP contribution is -2.18. The van der Waals surface area contributed by atoms with Gasteiger partial charge in [-0.05, 0) is 29.8 Å². The largest absolute Gasteiger partial charge is 0.573 e. The first-order valence-electron chi connectivity index (χ1n) is 6.46. The van der Waals surface area contributed by atoms with Gasteiger partial charge in [-0.1, -0.05) is 12.1 Å². The summed E-state index contributed by atoms with van der Waals surface area (Å²) in [4.78, 5) is 11.0. The first-order chi connectivity index (χ1) is 11.1. The molecule has 0 aliphatic heterocycles. The molecule has 4 N–H and O–H groups in total. The van der Waals surface area contributed by atoms with Gasteiger partial charge < -0.3 is 20.7 Å². The lowest BCUT2D eigenvalue weighted by atomic mass is 9.96. The highest BCUT2D eigenvalue weighted by molar-refractivity contribution is 5.91. The number of aromatic hydroxyl groups is 1. The van der Waals surface area contributed by atoms with Crippen molar-refractivity contribution in [1.82, 2.24) is 0 Å².